The maximum absolute atomic E-state index is 14.1. The van der Waals surface area contributed by atoms with Crippen molar-refractivity contribution in [2.75, 3.05) is 76.3 Å². The quantitative estimate of drug-likeness (QED) is 0.0516. The molecule has 2 aromatic heterocycles. The molecule has 0 spiro atoms. The van der Waals surface area contributed by atoms with E-state index in [0.29, 0.717) is 47.9 Å². The number of hydrogen-bond donors (Lipinski definition) is 3. The van der Waals surface area contributed by atoms with Gasteiger partial charge < -0.3 is 19.6 Å². The standard InChI is InChI=1S/C48H57ClN7O7PS2/c1-48(2)16-14-36(43(29-48)33-4-8-37(49)9-5-33)31-53-18-20-54(21-19-53)38-11-13-42(45(27-38)65-40-26-35-15-17-50-46(35)51-30-40)47(58)52-66(62,63)41-12-7-34(44(28-41)56(59)60)6-10-39(32-57)55-22-24-64(3,61)25-23-55/h4-5,7-9,11-13,15,17,26-28,30,39,57H,6,10,14,16,18-25,29,31-32H2,1-3H3,(H,50,51)(H,52,58). The van der Waals surface area contributed by atoms with E-state index in [0.717, 1.165) is 79.0 Å². The molecule has 3 aliphatic rings. The zero-order valence-electron chi connectivity index (χ0n) is 37.5. The number of anilines is 1. The summed E-state index contributed by atoms with van der Waals surface area (Å²) in [6, 6.07) is 20.8. The molecule has 8 rings (SSSR count). The normalized spacial score (nSPS) is 18.7. The number of aromatic amines is 1. The number of aliphatic hydroxyl groups excluding tert-OH is 1. The van der Waals surface area contributed by atoms with Crippen molar-refractivity contribution in [2.24, 2.45) is 5.41 Å². The summed E-state index contributed by atoms with van der Waals surface area (Å²) in [7, 11) is -6.75. The van der Waals surface area contributed by atoms with E-state index in [4.69, 9.17) is 11.6 Å². The fraction of sp³-hybridized carbons (Fsp3) is 0.417. The lowest BCUT2D eigenvalue weighted by atomic mass is 9.72. The van der Waals surface area contributed by atoms with Crippen LogP contribution >= 0.6 is 30.5 Å². The number of nitrogens with zero attached hydrogens (tertiary/aromatic N) is 5. The molecule has 2 fully saturated rings. The summed E-state index contributed by atoms with van der Waals surface area (Å²) in [5.41, 5.74) is 6.00. The fourth-order valence-corrected chi connectivity index (χ4v) is 13.0. The molecule has 1 amide bonds. The Balaban J connectivity index is 0.989. The number of nitro benzene ring substituents is 1. The Morgan fingerprint density at radius 1 is 1.03 bits per heavy atom. The number of piperazine rings is 1. The Morgan fingerprint density at radius 2 is 1.77 bits per heavy atom. The van der Waals surface area contributed by atoms with Gasteiger partial charge >= 0.3 is 0 Å². The first kappa shape index (κ1) is 47.9. The predicted octanol–water partition coefficient (Wildman–Crippen LogP) is 8.78. The van der Waals surface area contributed by atoms with Crippen molar-refractivity contribution in [3.63, 3.8) is 0 Å². The lowest BCUT2D eigenvalue weighted by molar-refractivity contribution is -0.385. The number of amides is 1. The lowest BCUT2D eigenvalue weighted by Gasteiger charge is -2.39. The summed E-state index contributed by atoms with van der Waals surface area (Å²) >= 11 is 7.56. The van der Waals surface area contributed by atoms with Crippen LogP contribution in [-0.2, 0) is 21.0 Å². The minimum absolute atomic E-state index is 0.125. The lowest BCUT2D eigenvalue weighted by Crippen LogP contribution is -2.47. The highest BCUT2D eigenvalue weighted by atomic mass is 35.5. The Kier molecular flexibility index (Phi) is 14.5. The van der Waals surface area contributed by atoms with E-state index in [2.05, 4.69) is 55.4 Å². The molecule has 1 atom stereocenters. The van der Waals surface area contributed by atoms with E-state index in [1.807, 2.05) is 36.4 Å². The third kappa shape index (κ3) is 11.4. The predicted molar refractivity (Wildman–Crippen MR) is 263 cm³/mol. The van der Waals surface area contributed by atoms with Gasteiger partial charge in [-0.3, -0.25) is 24.7 Å². The zero-order chi connectivity index (χ0) is 46.8. The molecule has 2 aliphatic heterocycles. The highest BCUT2D eigenvalue weighted by Gasteiger charge is 2.32. The van der Waals surface area contributed by atoms with Crippen LogP contribution in [0.1, 0.15) is 61.0 Å². The second-order valence-electron chi connectivity index (χ2n) is 18.7. The van der Waals surface area contributed by atoms with Crippen molar-refractivity contribution in [3.05, 3.63) is 123 Å². The average Bonchev–Trinajstić information content (AvgIpc) is 3.76. The van der Waals surface area contributed by atoms with Crippen LogP contribution < -0.4 is 9.62 Å². The molecular formula is C48H57ClN7O7PS2. The number of benzene rings is 3. The maximum Gasteiger partial charge on any atom is 0.273 e. The smallest absolute Gasteiger partial charge is 0.273 e. The van der Waals surface area contributed by atoms with Crippen LogP contribution in [0.15, 0.2) is 105 Å². The number of allylic oxidation sites excluding steroid dienone is 1. The zero-order valence-corrected chi connectivity index (χ0v) is 40.8. The van der Waals surface area contributed by atoms with Gasteiger partial charge in [-0.05, 0) is 104 Å². The van der Waals surface area contributed by atoms with Gasteiger partial charge in [-0.25, -0.2) is 18.1 Å². The van der Waals surface area contributed by atoms with Crippen LogP contribution in [0.2, 0.25) is 5.02 Å². The molecule has 0 saturated carbocycles. The first-order chi connectivity index (χ1) is 31.5. The minimum Gasteiger partial charge on any atom is -0.395 e. The molecule has 4 heterocycles. The van der Waals surface area contributed by atoms with Crippen LogP contribution in [0.5, 0.6) is 0 Å². The Morgan fingerprint density at radius 3 is 2.48 bits per heavy atom. The van der Waals surface area contributed by atoms with Crippen LogP contribution in [0.4, 0.5) is 11.4 Å². The fourth-order valence-electron chi connectivity index (χ4n) is 9.29. The van der Waals surface area contributed by atoms with Crippen molar-refractivity contribution in [2.45, 2.75) is 66.7 Å². The molecule has 1 unspecified atom stereocenters. The maximum atomic E-state index is 14.1. The second kappa shape index (κ2) is 20.0. The molecule has 0 bridgehead atoms. The number of pyridine rings is 1. The SMILES string of the molecule is CC1(C)CCC(CN2CCN(c3ccc(C(=O)NS(=O)(=O)c4ccc(CCC(CO)N5CCP(C)(=O)CC5)c([N+](=O)[O-])c4)c(Sc4cnc5[nH]ccc5c4)c3)CC2)=C(c2ccc(Cl)cc2)C1. The number of nitro groups is 1. The largest absolute Gasteiger partial charge is 0.395 e. The molecule has 3 N–H and O–H groups in total. The van der Waals surface area contributed by atoms with E-state index in [1.165, 1.54) is 40.6 Å². The monoisotopic (exact) mass is 973 g/mol. The number of aromatic nitrogens is 2. The second-order valence-corrected chi connectivity index (χ2v) is 25.4. The van der Waals surface area contributed by atoms with Gasteiger partial charge in [0.2, 0.25) is 0 Å². The summed E-state index contributed by atoms with van der Waals surface area (Å²) in [6.45, 7) is 11.5. The van der Waals surface area contributed by atoms with Gasteiger partial charge in [0.1, 0.15) is 5.65 Å². The van der Waals surface area contributed by atoms with Gasteiger partial charge in [0.15, 0.2) is 0 Å². The van der Waals surface area contributed by atoms with E-state index in [1.54, 1.807) is 25.1 Å². The summed E-state index contributed by atoms with van der Waals surface area (Å²) in [4.78, 5) is 41.1. The number of aliphatic hydroxyl groups is 1. The van der Waals surface area contributed by atoms with Gasteiger partial charge in [-0.15, -0.1) is 0 Å². The van der Waals surface area contributed by atoms with Crippen molar-refractivity contribution in [1.82, 2.24) is 24.5 Å². The summed E-state index contributed by atoms with van der Waals surface area (Å²) in [6.07, 6.45) is 8.40. The van der Waals surface area contributed by atoms with E-state index >= 15 is 0 Å². The van der Waals surface area contributed by atoms with Gasteiger partial charge in [0.25, 0.3) is 21.6 Å². The summed E-state index contributed by atoms with van der Waals surface area (Å²) in [5.74, 6) is -0.874. The number of sulfonamides is 1. The molecule has 2 saturated heterocycles. The summed E-state index contributed by atoms with van der Waals surface area (Å²) in [5, 5.41) is 24.1. The Labute approximate surface area is 395 Å². The van der Waals surface area contributed by atoms with Crippen molar-refractivity contribution in [1.29, 1.82) is 0 Å². The molecule has 14 nitrogen and oxygen atoms in total. The molecule has 1 aliphatic carbocycles. The van der Waals surface area contributed by atoms with Crippen LogP contribution in [-0.4, -0.2) is 122 Å². The van der Waals surface area contributed by atoms with Gasteiger partial charge in [-0.2, -0.15) is 0 Å². The highest BCUT2D eigenvalue weighted by Crippen LogP contribution is 2.45. The number of aryl methyl sites for hydroxylation is 1. The highest BCUT2D eigenvalue weighted by molar-refractivity contribution is 7.99. The number of hydrogen-bond acceptors (Lipinski definition) is 12. The number of carbonyl (C=O) groups is 1. The molecule has 66 heavy (non-hydrogen) atoms. The molecule has 0 radical (unpaired) electrons. The summed E-state index contributed by atoms with van der Waals surface area (Å²) < 4.78 is 42.4. The van der Waals surface area contributed by atoms with E-state index in [-0.39, 0.29) is 30.0 Å². The van der Waals surface area contributed by atoms with Gasteiger partial charge in [0, 0.05) is 114 Å². The van der Waals surface area contributed by atoms with Crippen LogP contribution in [0.3, 0.4) is 0 Å². The van der Waals surface area contributed by atoms with Crippen molar-refractivity contribution < 1.29 is 27.8 Å². The average molecular weight is 975 g/mol. The number of nitrogens with one attached hydrogen (secondary N) is 2. The number of fused-ring (bicyclic) bond motifs is 1. The number of carbonyl (C=O) groups excluding carboxylic acids is 1. The van der Waals surface area contributed by atoms with E-state index in [9.17, 15) is 33.0 Å². The first-order valence-corrected chi connectivity index (χ1v) is 27.6. The van der Waals surface area contributed by atoms with Crippen LogP contribution in [0.25, 0.3) is 16.6 Å². The van der Waals surface area contributed by atoms with E-state index < -0.39 is 38.6 Å². The topological polar surface area (TPSA) is 182 Å². The number of H-pyrrole nitrogens is 1. The van der Waals surface area contributed by atoms with Crippen LogP contribution in [0, 0.1) is 15.5 Å². The minimum atomic E-state index is -4.56. The van der Waals surface area contributed by atoms with Gasteiger partial charge in [-0.1, -0.05) is 61.0 Å². The molecule has 18 heteroatoms. The molecular weight excluding hydrogens is 917 g/mol. The Bertz CT molecular complexity index is 2800. The third-order valence-corrected chi connectivity index (χ3v) is 18.2. The number of halogens is 1. The first-order valence-electron chi connectivity index (χ1n) is 22.4. The molecule has 350 valence electrons. The van der Waals surface area contributed by atoms with Crippen molar-refractivity contribution >= 4 is 74.4 Å². The molecule has 3 aromatic carbocycles. The Hall–Kier alpha value is -4.54. The molecule has 5 aromatic rings. The third-order valence-electron chi connectivity index (χ3n) is 13.3. The van der Waals surface area contributed by atoms with Crippen molar-refractivity contribution in [3.8, 4) is 0 Å². The number of rotatable bonds is 15. The van der Waals surface area contributed by atoms with Gasteiger partial charge in [0.05, 0.1) is 29.1 Å².